The number of piperidine rings is 1. The highest BCUT2D eigenvalue weighted by Crippen LogP contribution is 2.33. The summed E-state index contributed by atoms with van der Waals surface area (Å²) in [5.41, 5.74) is 5.38. The molecule has 206 valence electrons. The maximum Gasteiger partial charge on any atom is 0.179 e. The van der Waals surface area contributed by atoms with Gasteiger partial charge in [-0.25, -0.2) is 4.98 Å². The van der Waals surface area contributed by atoms with Crippen molar-refractivity contribution in [1.82, 2.24) is 19.5 Å². The minimum atomic E-state index is 0.242. The van der Waals surface area contributed by atoms with Crippen LogP contribution in [0.4, 0.5) is 17.2 Å². The summed E-state index contributed by atoms with van der Waals surface area (Å²) in [7, 11) is 1.67. The van der Waals surface area contributed by atoms with Crippen molar-refractivity contribution in [1.29, 1.82) is 5.26 Å². The molecule has 3 aromatic carbocycles. The summed E-state index contributed by atoms with van der Waals surface area (Å²) < 4.78 is 7.03. The number of hydrogen-bond acceptors (Lipinski definition) is 7. The van der Waals surface area contributed by atoms with Gasteiger partial charge in [0.2, 0.25) is 0 Å². The maximum absolute atomic E-state index is 9.84. The van der Waals surface area contributed by atoms with Crippen LogP contribution >= 0.6 is 0 Å². The summed E-state index contributed by atoms with van der Waals surface area (Å²) in [5.74, 6) is 1.54. The molecule has 1 aliphatic heterocycles. The lowest BCUT2D eigenvalue weighted by Crippen LogP contribution is -2.41. The average molecular weight is 544 g/mol. The van der Waals surface area contributed by atoms with Gasteiger partial charge in [0.1, 0.15) is 17.6 Å². The van der Waals surface area contributed by atoms with E-state index >= 15 is 0 Å². The lowest BCUT2D eigenvalue weighted by atomic mass is 10.0. The fraction of sp³-hybridized carbons (Fsp3) is 0.242. The van der Waals surface area contributed by atoms with Gasteiger partial charge in [0.15, 0.2) is 11.3 Å². The van der Waals surface area contributed by atoms with E-state index in [1.807, 2.05) is 30.3 Å². The first kappa shape index (κ1) is 26.4. The van der Waals surface area contributed by atoms with Crippen LogP contribution in [0, 0.1) is 11.3 Å². The normalized spacial score (nSPS) is 15.4. The van der Waals surface area contributed by atoms with E-state index in [1.54, 1.807) is 17.8 Å². The topological polar surface area (TPSA) is 81.7 Å². The largest absolute Gasteiger partial charge is 0.497 e. The van der Waals surface area contributed by atoms with E-state index in [2.05, 4.69) is 86.8 Å². The molecule has 41 heavy (non-hydrogen) atoms. The van der Waals surface area contributed by atoms with Crippen molar-refractivity contribution < 1.29 is 4.74 Å². The summed E-state index contributed by atoms with van der Waals surface area (Å²) >= 11 is 0. The Balaban J connectivity index is 1.34. The van der Waals surface area contributed by atoms with Crippen molar-refractivity contribution >= 4 is 22.8 Å². The van der Waals surface area contributed by atoms with Gasteiger partial charge in [0.05, 0.1) is 19.0 Å². The highest BCUT2D eigenvalue weighted by atomic mass is 16.5. The van der Waals surface area contributed by atoms with Crippen LogP contribution in [0.2, 0.25) is 0 Å². The molecule has 0 unspecified atom stereocenters. The highest BCUT2D eigenvalue weighted by molar-refractivity contribution is 5.78. The fourth-order valence-corrected chi connectivity index (χ4v) is 5.50. The van der Waals surface area contributed by atoms with Gasteiger partial charge in [-0.2, -0.15) is 9.78 Å². The van der Waals surface area contributed by atoms with E-state index in [1.165, 1.54) is 5.56 Å². The molecule has 2 aromatic heterocycles. The van der Waals surface area contributed by atoms with Gasteiger partial charge in [-0.05, 0) is 54.8 Å². The summed E-state index contributed by atoms with van der Waals surface area (Å²) in [6.07, 6.45) is 3.76. The molecule has 0 amide bonds. The van der Waals surface area contributed by atoms with Crippen LogP contribution in [0.15, 0.2) is 97.2 Å². The Morgan fingerprint density at radius 3 is 2.49 bits per heavy atom. The number of methoxy groups -OCH3 is 1. The molecule has 1 atom stereocenters. The van der Waals surface area contributed by atoms with E-state index < -0.39 is 0 Å². The zero-order valence-corrected chi connectivity index (χ0v) is 23.1. The number of para-hydroxylation sites is 1. The molecular formula is C33H33N7O. The Morgan fingerprint density at radius 1 is 1.00 bits per heavy atom. The van der Waals surface area contributed by atoms with Crippen LogP contribution in [-0.2, 0) is 13.1 Å². The predicted molar refractivity (Wildman–Crippen MR) is 161 cm³/mol. The number of nitrogens with one attached hydrogen (secondary N) is 1. The number of anilines is 3. The Morgan fingerprint density at radius 2 is 1.76 bits per heavy atom. The Kier molecular flexibility index (Phi) is 7.79. The fourth-order valence-electron chi connectivity index (χ4n) is 5.50. The third-order valence-corrected chi connectivity index (χ3v) is 7.53. The second-order valence-electron chi connectivity index (χ2n) is 10.4. The summed E-state index contributed by atoms with van der Waals surface area (Å²) in [4.78, 5) is 9.35. The Hall–Kier alpha value is -4.87. The third kappa shape index (κ3) is 6.01. The number of aromatic nitrogens is 3. The third-order valence-electron chi connectivity index (χ3n) is 7.53. The average Bonchev–Trinajstić information content (AvgIpc) is 3.44. The number of benzene rings is 3. The summed E-state index contributed by atoms with van der Waals surface area (Å²) in [6.45, 7) is 3.54. The number of rotatable bonds is 9. The molecular weight excluding hydrogens is 510 g/mol. The lowest BCUT2D eigenvalue weighted by molar-refractivity contribution is 0.208. The Bertz CT molecular complexity index is 1630. The molecule has 1 N–H and O–H groups in total. The van der Waals surface area contributed by atoms with E-state index in [-0.39, 0.29) is 6.04 Å². The molecule has 0 spiro atoms. The van der Waals surface area contributed by atoms with Gasteiger partial charge < -0.3 is 15.0 Å². The molecule has 0 bridgehead atoms. The number of nitrogens with zero attached hydrogens (tertiary/aromatic N) is 6. The van der Waals surface area contributed by atoms with Gasteiger partial charge in [-0.1, -0.05) is 60.7 Å². The zero-order chi connectivity index (χ0) is 28.0. The molecule has 8 nitrogen and oxygen atoms in total. The number of fused-ring (bicyclic) bond motifs is 1. The molecule has 1 fully saturated rings. The maximum atomic E-state index is 9.84. The zero-order valence-electron chi connectivity index (χ0n) is 23.1. The number of ether oxygens (including phenoxy) is 1. The second-order valence-corrected chi connectivity index (χ2v) is 10.4. The first-order chi connectivity index (χ1) is 20.2. The van der Waals surface area contributed by atoms with Gasteiger partial charge >= 0.3 is 0 Å². The van der Waals surface area contributed by atoms with Crippen LogP contribution < -0.4 is 15.0 Å². The molecule has 8 heteroatoms. The summed E-state index contributed by atoms with van der Waals surface area (Å²) in [5, 5.41) is 18.4. The first-order valence-corrected chi connectivity index (χ1v) is 14.0. The molecule has 1 saturated heterocycles. The van der Waals surface area contributed by atoms with Crippen molar-refractivity contribution in [2.75, 3.05) is 30.4 Å². The molecule has 6 rings (SSSR count). The van der Waals surface area contributed by atoms with Crippen molar-refractivity contribution in [2.24, 2.45) is 0 Å². The molecule has 0 saturated carbocycles. The predicted octanol–water partition coefficient (Wildman–Crippen LogP) is 6.02. The van der Waals surface area contributed by atoms with Crippen LogP contribution in [0.3, 0.4) is 0 Å². The van der Waals surface area contributed by atoms with Crippen LogP contribution in [0.25, 0.3) is 5.65 Å². The Labute approximate surface area is 240 Å². The van der Waals surface area contributed by atoms with Crippen LogP contribution in [0.1, 0.15) is 29.7 Å². The van der Waals surface area contributed by atoms with Gasteiger partial charge in [-0.3, -0.25) is 4.90 Å². The molecule has 0 radical (unpaired) electrons. The van der Waals surface area contributed by atoms with E-state index in [4.69, 9.17) is 9.84 Å². The van der Waals surface area contributed by atoms with E-state index in [9.17, 15) is 5.26 Å². The molecule has 0 aliphatic carbocycles. The lowest BCUT2D eigenvalue weighted by Gasteiger charge is -2.33. The van der Waals surface area contributed by atoms with Crippen molar-refractivity contribution in [2.45, 2.75) is 32.0 Å². The van der Waals surface area contributed by atoms with Crippen LogP contribution in [-0.4, -0.2) is 45.7 Å². The van der Waals surface area contributed by atoms with Gasteiger partial charge in [0, 0.05) is 37.4 Å². The molecule has 5 aromatic rings. The van der Waals surface area contributed by atoms with Gasteiger partial charge in [0.25, 0.3) is 0 Å². The smallest absolute Gasteiger partial charge is 0.179 e. The first-order valence-electron chi connectivity index (χ1n) is 14.0. The quantitative estimate of drug-likeness (QED) is 0.243. The number of likely N-dealkylation sites (tertiary alicyclic amines) is 1. The minimum absolute atomic E-state index is 0.242. The number of imidazole rings is 1. The monoisotopic (exact) mass is 543 g/mol. The second kappa shape index (κ2) is 12.1. The van der Waals surface area contributed by atoms with Gasteiger partial charge in [-0.15, -0.1) is 5.10 Å². The molecule has 1 aliphatic rings. The van der Waals surface area contributed by atoms with Crippen molar-refractivity contribution in [3.8, 4) is 11.8 Å². The molecule has 3 heterocycles. The van der Waals surface area contributed by atoms with E-state index in [0.29, 0.717) is 17.9 Å². The van der Waals surface area contributed by atoms with Crippen molar-refractivity contribution in [3.63, 3.8) is 0 Å². The minimum Gasteiger partial charge on any atom is -0.497 e. The van der Waals surface area contributed by atoms with E-state index in [0.717, 1.165) is 61.0 Å². The standard InChI is InChI=1S/C33H33N7O/c1-41-30-16-14-26(15-17-30)23-39(28-12-6-3-7-13-28)31-19-32(37-40-29(20-34)21-35-33(31)40)36-27-11-8-18-38(24-27)22-25-9-4-2-5-10-25/h2-7,9-10,12-17,19,21,27H,8,11,18,22-24H2,1H3,(H,36,37)/t27-/m0/s1. The highest BCUT2D eigenvalue weighted by Gasteiger charge is 2.23. The SMILES string of the molecule is COc1ccc(CN(c2ccccc2)c2cc(N[C@H]3CCCN(Cc4ccccc4)C3)nn3c(C#N)cnc23)cc1. The van der Waals surface area contributed by atoms with Crippen molar-refractivity contribution in [3.05, 3.63) is 114 Å². The van der Waals surface area contributed by atoms with Crippen LogP contribution in [0.5, 0.6) is 5.75 Å². The number of nitriles is 1. The summed E-state index contributed by atoms with van der Waals surface area (Å²) in [6, 6.07) is 33.5. The number of hydrogen-bond donors (Lipinski definition) is 1.